The van der Waals surface area contributed by atoms with Crippen molar-refractivity contribution in [3.63, 3.8) is 0 Å². The molecule has 7 nitrogen and oxygen atoms in total. The van der Waals surface area contributed by atoms with Crippen LogP contribution in [0.25, 0.3) is 0 Å². The van der Waals surface area contributed by atoms with Gasteiger partial charge in [0.15, 0.2) is 17.6 Å². The lowest BCUT2D eigenvalue weighted by atomic mass is 9.44. The normalized spacial score (nSPS) is 52.6. The second-order valence-electron chi connectivity index (χ2n) is 13.3. The number of carbonyl (C=O) groups excluding carboxylic acids is 2. The number of allylic oxidation sites excluding steroid dienone is 3. The Hall–Kier alpha value is -2.29. The molecule has 5 saturated carbocycles. The first-order chi connectivity index (χ1) is 17.8. The molecule has 2 bridgehead atoms. The second kappa shape index (κ2) is 8.35. The predicted molar refractivity (Wildman–Crippen MR) is 130 cm³/mol. The molecule has 0 spiro atoms. The van der Waals surface area contributed by atoms with Gasteiger partial charge >= 0.3 is 12.1 Å². The van der Waals surface area contributed by atoms with E-state index in [0.29, 0.717) is 5.92 Å². The van der Waals surface area contributed by atoms with E-state index in [1.807, 2.05) is 0 Å². The highest BCUT2D eigenvalue weighted by atomic mass is 19.1. The second-order valence-corrected chi connectivity index (χ2v) is 13.3. The number of aliphatic hydroxyl groups excluding tert-OH is 1. The minimum Gasteiger partial charge on any atom is -0.481 e. The van der Waals surface area contributed by atoms with E-state index in [2.05, 4.69) is 0 Å². The number of halogens is 2. The highest BCUT2D eigenvalue weighted by molar-refractivity contribution is 6.01. The first kappa shape index (κ1) is 26.0. The molecule has 0 aromatic heterocycles. The number of hydrogen-bond acceptors (Lipinski definition) is 6. The Labute approximate surface area is 220 Å². The average Bonchev–Trinajstić information content (AvgIpc) is 3.51. The number of carboxylic acid groups (broad SMARTS) is 1. The number of alkyl halides is 2. The van der Waals surface area contributed by atoms with Gasteiger partial charge in [-0.3, -0.25) is 9.59 Å². The molecule has 0 aliphatic heterocycles. The quantitative estimate of drug-likeness (QED) is 0.511. The molecule has 5 unspecified atom stereocenters. The summed E-state index contributed by atoms with van der Waals surface area (Å²) in [4.78, 5) is 37.7. The molecule has 6 aliphatic rings. The van der Waals surface area contributed by atoms with E-state index in [9.17, 15) is 24.6 Å². The molecule has 2 N–H and O–H groups in total. The maximum Gasteiger partial charge on any atom is 0.508 e. The molecule has 0 amide bonds. The summed E-state index contributed by atoms with van der Waals surface area (Å²) in [5, 5.41) is 21.5. The summed E-state index contributed by atoms with van der Waals surface area (Å²) in [5.74, 6) is -4.09. The minimum atomic E-state index is -2.51. The van der Waals surface area contributed by atoms with Crippen molar-refractivity contribution in [2.45, 2.75) is 89.4 Å². The lowest BCUT2D eigenvalue weighted by Crippen LogP contribution is -2.72. The van der Waals surface area contributed by atoms with Gasteiger partial charge in [-0.1, -0.05) is 19.9 Å². The van der Waals surface area contributed by atoms with Crippen LogP contribution in [0.15, 0.2) is 23.8 Å². The number of ketones is 1. The van der Waals surface area contributed by atoms with Gasteiger partial charge in [-0.15, -0.1) is 0 Å². The fourth-order valence-corrected chi connectivity index (χ4v) is 9.78. The van der Waals surface area contributed by atoms with Gasteiger partial charge in [0.2, 0.25) is 0 Å². The van der Waals surface area contributed by atoms with Crippen molar-refractivity contribution in [1.29, 1.82) is 0 Å². The molecule has 9 heteroatoms. The molecule has 0 radical (unpaired) electrons. The Morgan fingerprint density at radius 2 is 1.87 bits per heavy atom. The van der Waals surface area contributed by atoms with Crippen LogP contribution in [0.5, 0.6) is 0 Å². The van der Waals surface area contributed by atoms with Gasteiger partial charge in [0.05, 0.1) is 12.0 Å². The van der Waals surface area contributed by atoms with E-state index in [1.54, 1.807) is 13.8 Å². The lowest BCUT2D eigenvalue weighted by molar-refractivity contribution is -0.236. The van der Waals surface area contributed by atoms with Crippen LogP contribution in [0.1, 0.15) is 59.3 Å². The summed E-state index contributed by atoms with van der Waals surface area (Å²) >= 11 is 0. The van der Waals surface area contributed by atoms with Crippen LogP contribution in [0.2, 0.25) is 0 Å². The summed E-state index contributed by atoms with van der Waals surface area (Å²) in [6.45, 7) is 4.95. The average molecular weight is 535 g/mol. The molecule has 208 valence electrons. The van der Waals surface area contributed by atoms with Gasteiger partial charge in [0.25, 0.3) is 0 Å². The summed E-state index contributed by atoms with van der Waals surface area (Å²) in [7, 11) is 0. The molecule has 6 aliphatic carbocycles. The Bertz CT molecular complexity index is 1140. The van der Waals surface area contributed by atoms with Crippen molar-refractivity contribution < 1.29 is 42.9 Å². The largest absolute Gasteiger partial charge is 0.508 e. The van der Waals surface area contributed by atoms with E-state index in [4.69, 9.17) is 9.47 Å². The molecule has 0 saturated heterocycles. The van der Waals surface area contributed by atoms with Gasteiger partial charge in [-0.2, -0.15) is 0 Å². The Morgan fingerprint density at radius 1 is 1.13 bits per heavy atom. The van der Waals surface area contributed by atoms with E-state index < -0.39 is 70.5 Å². The van der Waals surface area contributed by atoms with Gasteiger partial charge in [-0.05, 0) is 92.3 Å². The summed E-state index contributed by atoms with van der Waals surface area (Å²) in [5.41, 5.74) is -5.41. The van der Waals surface area contributed by atoms with Gasteiger partial charge in [0, 0.05) is 11.3 Å². The molecule has 0 aromatic rings. The van der Waals surface area contributed by atoms with Crippen LogP contribution in [0.3, 0.4) is 0 Å². The van der Waals surface area contributed by atoms with Crippen LogP contribution in [-0.4, -0.2) is 58.3 Å². The number of fused-ring (bicyclic) bond motifs is 7. The van der Waals surface area contributed by atoms with Crippen molar-refractivity contribution >= 4 is 17.9 Å². The molecular formula is C29H36F2O7. The van der Waals surface area contributed by atoms with Crippen molar-refractivity contribution in [2.75, 3.05) is 0 Å². The Kier molecular flexibility index (Phi) is 5.71. The van der Waals surface area contributed by atoms with Crippen LogP contribution >= 0.6 is 0 Å². The number of carbonyl (C=O) groups is 3. The SMILES string of the molecule is C[C@@H]1C[C@H]2[C@@H]3C(OC(=O)OC4CC5CCC4C5)[C@H](F)C4=CC(=O)C=C[C@]4(C)C3(F)[C@@H](O)C[C@]2(C)[C@@H]1C(=O)O. The summed E-state index contributed by atoms with van der Waals surface area (Å²) in [6.07, 6.45) is 0.628. The third-order valence-electron chi connectivity index (χ3n) is 11.4. The number of rotatable bonds is 3. The van der Waals surface area contributed by atoms with Crippen LogP contribution < -0.4 is 0 Å². The third-order valence-corrected chi connectivity index (χ3v) is 11.4. The zero-order valence-corrected chi connectivity index (χ0v) is 21.9. The first-order valence-electron chi connectivity index (χ1n) is 13.9. The van der Waals surface area contributed by atoms with Crippen molar-refractivity contribution in [3.05, 3.63) is 23.8 Å². The number of carboxylic acids is 1. The summed E-state index contributed by atoms with van der Waals surface area (Å²) in [6, 6.07) is 0. The maximum atomic E-state index is 17.7. The minimum absolute atomic E-state index is 0.143. The fourth-order valence-electron chi connectivity index (χ4n) is 9.78. The fraction of sp³-hybridized carbons (Fsp3) is 0.759. The zero-order chi connectivity index (χ0) is 27.4. The third kappa shape index (κ3) is 3.29. The molecule has 13 atom stereocenters. The molecule has 0 heterocycles. The van der Waals surface area contributed by atoms with Crippen LogP contribution in [0, 0.1) is 46.3 Å². The standard InChI is InChI=1S/C29H36F2O7/c1-13-8-17-22-24(38-26(36)37-19-10-14-4-5-15(19)9-14)23(30)18-11-16(32)6-7-28(18,3)29(22,31)20(33)12-27(17,2)21(13)25(34)35/h6-7,11,13-15,17,19-24,33H,4-5,8-10,12H2,1-3H3,(H,34,35)/t13-,14?,15?,17+,19?,20+,21+,22-,23-,24?,27+,28+,29?/m1/s1. The van der Waals surface area contributed by atoms with Gasteiger partial charge in [0.1, 0.15) is 12.2 Å². The predicted octanol–water partition coefficient (Wildman–Crippen LogP) is 4.57. The van der Waals surface area contributed by atoms with E-state index in [-0.39, 0.29) is 36.4 Å². The van der Waals surface area contributed by atoms with Crippen LogP contribution in [0.4, 0.5) is 13.6 Å². The number of hydrogen-bond donors (Lipinski definition) is 2. The number of ether oxygens (including phenoxy) is 2. The summed E-state index contributed by atoms with van der Waals surface area (Å²) < 4.78 is 45.5. The monoisotopic (exact) mass is 534 g/mol. The van der Waals surface area contributed by atoms with E-state index >= 15 is 8.78 Å². The molecule has 6 rings (SSSR count). The maximum absolute atomic E-state index is 17.7. The highest BCUT2D eigenvalue weighted by Crippen LogP contribution is 2.70. The number of aliphatic carboxylic acids is 1. The van der Waals surface area contributed by atoms with Crippen molar-refractivity contribution in [3.8, 4) is 0 Å². The zero-order valence-electron chi connectivity index (χ0n) is 21.9. The van der Waals surface area contributed by atoms with E-state index in [0.717, 1.165) is 31.8 Å². The number of aliphatic hydroxyl groups is 1. The van der Waals surface area contributed by atoms with Crippen LogP contribution in [-0.2, 0) is 19.1 Å². The topological polar surface area (TPSA) is 110 Å². The Balaban J connectivity index is 1.41. The molecular weight excluding hydrogens is 498 g/mol. The first-order valence-corrected chi connectivity index (χ1v) is 13.9. The molecule has 5 fully saturated rings. The highest BCUT2D eigenvalue weighted by Gasteiger charge is 2.76. The molecule has 0 aromatic carbocycles. The van der Waals surface area contributed by atoms with Gasteiger partial charge in [-0.25, -0.2) is 13.6 Å². The van der Waals surface area contributed by atoms with Crippen molar-refractivity contribution in [2.24, 2.45) is 46.3 Å². The van der Waals surface area contributed by atoms with Crippen molar-refractivity contribution in [1.82, 2.24) is 0 Å². The smallest absolute Gasteiger partial charge is 0.481 e. The Morgan fingerprint density at radius 3 is 2.50 bits per heavy atom. The van der Waals surface area contributed by atoms with E-state index in [1.165, 1.54) is 19.1 Å². The van der Waals surface area contributed by atoms with Gasteiger partial charge < -0.3 is 19.7 Å². The molecule has 38 heavy (non-hydrogen) atoms. The lowest BCUT2D eigenvalue weighted by Gasteiger charge is -2.63.